The molecule has 0 bridgehead atoms. The average Bonchev–Trinajstić information content (AvgIpc) is 3.35. The predicted molar refractivity (Wildman–Crippen MR) is 117 cm³/mol. The van der Waals surface area contributed by atoms with Crippen LogP contribution in [0.1, 0.15) is 50.1 Å². The van der Waals surface area contributed by atoms with E-state index in [9.17, 15) is 9.59 Å². The molecule has 6 nitrogen and oxygen atoms in total. The Hall–Kier alpha value is -2.63. The molecule has 1 aliphatic carbocycles. The Morgan fingerprint density at radius 1 is 1.13 bits per heavy atom. The molecule has 31 heavy (non-hydrogen) atoms. The van der Waals surface area contributed by atoms with Crippen LogP contribution in [0.25, 0.3) is 11.3 Å². The molecule has 4 aliphatic rings. The number of nitrogens with zero attached hydrogens (tertiary/aromatic N) is 4. The minimum absolute atomic E-state index is 0.107. The second-order valence-electron chi connectivity index (χ2n) is 10.2. The Balaban J connectivity index is 1.10. The fraction of sp³-hybridized carbons (Fsp3) is 0.560. The van der Waals surface area contributed by atoms with Gasteiger partial charge >= 0.3 is 0 Å². The van der Waals surface area contributed by atoms with E-state index in [1.807, 2.05) is 24.5 Å². The molecule has 1 spiro atoms. The molecular formula is C25H30N4O2. The van der Waals surface area contributed by atoms with Gasteiger partial charge in [-0.2, -0.15) is 0 Å². The van der Waals surface area contributed by atoms with Crippen LogP contribution >= 0.6 is 0 Å². The summed E-state index contributed by atoms with van der Waals surface area (Å²) in [5.41, 5.74) is 4.41. The van der Waals surface area contributed by atoms with E-state index in [1.165, 1.54) is 29.7 Å². The van der Waals surface area contributed by atoms with E-state index in [0.717, 1.165) is 32.4 Å². The van der Waals surface area contributed by atoms with Crippen molar-refractivity contribution in [3.8, 4) is 11.3 Å². The van der Waals surface area contributed by atoms with E-state index >= 15 is 0 Å². The maximum Gasteiger partial charge on any atom is 0.226 e. The number of hydrogen-bond acceptors (Lipinski definition) is 3. The number of benzene rings is 1. The first-order chi connectivity index (χ1) is 15.0. The summed E-state index contributed by atoms with van der Waals surface area (Å²) in [5, 5.41) is 0. The van der Waals surface area contributed by atoms with Crippen LogP contribution in [0, 0.1) is 17.3 Å². The van der Waals surface area contributed by atoms with E-state index in [1.54, 1.807) is 4.90 Å². The highest BCUT2D eigenvalue weighted by Gasteiger charge is 2.51. The molecule has 162 valence electrons. The largest absolute Gasteiger partial charge is 0.346 e. The fourth-order valence-corrected chi connectivity index (χ4v) is 6.65. The van der Waals surface area contributed by atoms with Crippen LogP contribution in [-0.4, -0.2) is 57.8 Å². The summed E-state index contributed by atoms with van der Waals surface area (Å²) in [6, 6.07) is 9.17. The number of fused-ring (bicyclic) bond motifs is 3. The quantitative estimate of drug-likeness (QED) is 0.752. The number of amides is 2. The van der Waals surface area contributed by atoms with Crippen molar-refractivity contribution in [2.24, 2.45) is 17.3 Å². The minimum Gasteiger partial charge on any atom is -0.346 e. The van der Waals surface area contributed by atoms with Gasteiger partial charge in [0.05, 0.1) is 24.3 Å². The molecule has 1 aromatic carbocycles. The molecular weight excluding hydrogens is 388 g/mol. The number of carbonyl (C=O) groups is 2. The molecule has 1 aromatic heterocycles. The maximum atomic E-state index is 13.0. The first-order valence-electron chi connectivity index (χ1n) is 11.7. The standard InChI is InChI=1S/C25H30N4O2/c1-27-9-6-17(12-22(27)30)24(31)28-10-7-25(8-11-28)13-18(14-25)23-20-5-3-2-4-19(20)21-15-26-16-29(21)23/h2-5,15-18,23H,6-14H2,1H3/t17?,23-/m0/s1. The van der Waals surface area contributed by atoms with E-state index < -0.39 is 0 Å². The molecule has 2 atom stereocenters. The summed E-state index contributed by atoms with van der Waals surface area (Å²) < 4.78 is 2.37. The number of carbonyl (C=O) groups excluding carboxylic acids is 2. The lowest BCUT2D eigenvalue weighted by atomic mass is 9.55. The van der Waals surface area contributed by atoms with E-state index in [-0.39, 0.29) is 17.7 Å². The molecule has 2 saturated heterocycles. The van der Waals surface area contributed by atoms with E-state index in [4.69, 9.17) is 0 Å². The minimum atomic E-state index is -0.110. The van der Waals surface area contributed by atoms with Crippen molar-refractivity contribution in [3.63, 3.8) is 0 Å². The third-order valence-electron chi connectivity index (χ3n) is 8.50. The Morgan fingerprint density at radius 3 is 2.68 bits per heavy atom. The van der Waals surface area contributed by atoms with E-state index in [2.05, 4.69) is 33.8 Å². The summed E-state index contributed by atoms with van der Waals surface area (Å²) in [5.74, 6) is 0.850. The molecule has 3 fully saturated rings. The van der Waals surface area contributed by atoms with Crippen LogP contribution in [0.2, 0.25) is 0 Å². The molecule has 2 aromatic rings. The fourth-order valence-electron chi connectivity index (χ4n) is 6.65. The normalized spacial score (nSPS) is 27.2. The van der Waals surface area contributed by atoms with Crippen LogP contribution in [0.4, 0.5) is 0 Å². The van der Waals surface area contributed by atoms with Gasteiger partial charge in [0.1, 0.15) is 0 Å². The summed E-state index contributed by atoms with van der Waals surface area (Å²) in [7, 11) is 1.83. The van der Waals surface area contributed by atoms with Gasteiger partial charge in [-0.05, 0) is 49.0 Å². The highest BCUT2D eigenvalue weighted by molar-refractivity contribution is 5.87. The Bertz CT molecular complexity index is 1030. The number of likely N-dealkylation sites (tertiary alicyclic amines) is 2. The molecule has 4 heterocycles. The first-order valence-corrected chi connectivity index (χ1v) is 11.7. The number of piperidine rings is 2. The molecule has 0 radical (unpaired) electrons. The summed E-state index contributed by atoms with van der Waals surface area (Å²) in [6.45, 7) is 2.40. The van der Waals surface area contributed by atoms with Gasteiger partial charge < -0.3 is 14.4 Å². The zero-order valence-corrected chi connectivity index (χ0v) is 18.2. The van der Waals surface area contributed by atoms with Gasteiger partial charge in [0, 0.05) is 44.6 Å². The topological polar surface area (TPSA) is 58.4 Å². The number of rotatable bonds is 2. The zero-order valence-electron chi connectivity index (χ0n) is 18.2. The van der Waals surface area contributed by atoms with Crippen molar-refractivity contribution in [3.05, 3.63) is 42.4 Å². The van der Waals surface area contributed by atoms with Gasteiger partial charge in [-0.15, -0.1) is 0 Å². The van der Waals surface area contributed by atoms with Crippen molar-refractivity contribution < 1.29 is 9.59 Å². The molecule has 1 unspecified atom stereocenters. The Morgan fingerprint density at radius 2 is 1.90 bits per heavy atom. The highest BCUT2D eigenvalue weighted by atomic mass is 16.2. The number of aromatic nitrogens is 2. The maximum absolute atomic E-state index is 13.0. The van der Waals surface area contributed by atoms with Crippen LogP contribution in [0.3, 0.4) is 0 Å². The Labute approximate surface area is 183 Å². The highest BCUT2D eigenvalue weighted by Crippen LogP contribution is 2.59. The predicted octanol–water partition coefficient (Wildman–Crippen LogP) is 3.34. The molecule has 1 saturated carbocycles. The molecule has 2 amide bonds. The first kappa shape index (κ1) is 19.1. The second-order valence-corrected chi connectivity index (χ2v) is 10.2. The van der Waals surface area contributed by atoms with Crippen molar-refractivity contribution >= 4 is 11.8 Å². The van der Waals surface area contributed by atoms with Crippen LogP contribution in [-0.2, 0) is 9.59 Å². The lowest BCUT2D eigenvalue weighted by molar-refractivity contribution is -0.147. The number of hydrogen-bond donors (Lipinski definition) is 0. The summed E-state index contributed by atoms with van der Waals surface area (Å²) in [6.07, 6.45) is 9.84. The lowest BCUT2D eigenvalue weighted by Gasteiger charge is -2.54. The van der Waals surface area contributed by atoms with Crippen LogP contribution in [0.5, 0.6) is 0 Å². The average molecular weight is 419 g/mol. The summed E-state index contributed by atoms with van der Waals surface area (Å²) in [4.78, 5) is 33.2. The van der Waals surface area contributed by atoms with Crippen molar-refractivity contribution in [2.45, 2.75) is 44.6 Å². The SMILES string of the molecule is CN1CCC(C(=O)N2CCC3(CC2)CC([C@H]2c4ccccc4-c4cncn42)C3)CC1=O. The van der Waals surface area contributed by atoms with Gasteiger partial charge in [-0.3, -0.25) is 9.59 Å². The molecule has 6 rings (SSSR count). The smallest absolute Gasteiger partial charge is 0.226 e. The monoisotopic (exact) mass is 418 g/mol. The third-order valence-corrected chi connectivity index (χ3v) is 8.50. The molecule has 3 aliphatic heterocycles. The molecule has 0 N–H and O–H groups in total. The summed E-state index contributed by atoms with van der Waals surface area (Å²) >= 11 is 0. The number of imidazole rings is 1. The van der Waals surface area contributed by atoms with Crippen LogP contribution < -0.4 is 0 Å². The van der Waals surface area contributed by atoms with Gasteiger partial charge in [0.15, 0.2) is 0 Å². The lowest BCUT2D eigenvalue weighted by Crippen LogP contribution is -2.52. The van der Waals surface area contributed by atoms with Crippen molar-refractivity contribution in [2.75, 3.05) is 26.7 Å². The third kappa shape index (κ3) is 2.94. The van der Waals surface area contributed by atoms with Gasteiger partial charge in [0.25, 0.3) is 0 Å². The van der Waals surface area contributed by atoms with Gasteiger partial charge in [0.2, 0.25) is 11.8 Å². The van der Waals surface area contributed by atoms with E-state index in [0.29, 0.717) is 30.3 Å². The molecule has 6 heteroatoms. The van der Waals surface area contributed by atoms with Crippen molar-refractivity contribution in [1.29, 1.82) is 0 Å². The second kappa shape index (κ2) is 6.94. The Kier molecular flexibility index (Phi) is 4.27. The van der Waals surface area contributed by atoms with Crippen LogP contribution in [0.15, 0.2) is 36.8 Å². The van der Waals surface area contributed by atoms with Gasteiger partial charge in [-0.25, -0.2) is 4.98 Å². The zero-order chi connectivity index (χ0) is 21.2. The van der Waals surface area contributed by atoms with Crippen molar-refractivity contribution in [1.82, 2.24) is 19.4 Å². The van der Waals surface area contributed by atoms with Gasteiger partial charge in [-0.1, -0.05) is 24.3 Å².